The van der Waals surface area contributed by atoms with E-state index in [0.29, 0.717) is 6.54 Å². The molecule has 0 aliphatic carbocycles. The highest BCUT2D eigenvalue weighted by atomic mass is 15.2. The molecular weight excluding hydrogens is 334 g/mol. The second kappa shape index (κ2) is 9.57. The van der Waals surface area contributed by atoms with Crippen LogP contribution in [0, 0.1) is 13.8 Å². The van der Waals surface area contributed by atoms with Crippen molar-refractivity contribution in [2.45, 2.75) is 33.2 Å². The van der Waals surface area contributed by atoms with E-state index < -0.39 is 0 Å². The number of H-pyrrole nitrogens is 1. The summed E-state index contributed by atoms with van der Waals surface area (Å²) in [6.07, 6.45) is 3.91. The van der Waals surface area contributed by atoms with Crippen LogP contribution in [0.2, 0.25) is 0 Å². The maximum absolute atomic E-state index is 4.75. The van der Waals surface area contributed by atoms with Gasteiger partial charge in [0.1, 0.15) is 0 Å². The Morgan fingerprint density at radius 2 is 1.81 bits per heavy atom. The number of anilines is 1. The largest absolute Gasteiger partial charge is 0.356 e. The number of aromatic nitrogens is 2. The van der Waals surface area contributed by atoms with Crippen molar-refractivity contribution in [1.29, 1.82) is 0 Å². The second-order valence-electron chi connectivity index (χ2n) is 6.69. The first kappa shape index (κ1) is 18.7. The lowest BCUT2D eigenvalue weighted by Gasteiger charge is -2.13. The van der Waals surface area contributed by atoms with Gasteiger partial charge in [0, 0.05) is 17.9 Å². The first-order valence-electron chi connectivity index (χ1n) is 9.35. The predicted octanol–water partition coefficient (Wildman–Crippen LogP) is 4.22. The SMILES string of the molecule is Cc1ccc(CN=C(NCCCc2cn[nH]c2C)Nc2ccccc2)cc1. The molecule has 0 saturated heterocycles. The van der Waals surface area contributed by atoms with Crippen molar-refractivity contribution in [3.8, 4) is 0 Å². The summed E-state index contributed by atoms with van der Waals surface area (Å²) in [5, 5.41) is 13.9. The number of aromatic amines is 1. The van der Waals surface area contributed by atoms with Crippen LogP contribution in [0.25, 0.3) is 0 Å². The van der Waals surface area contributed by atoms with Crippen LogP contribution in [-0.2, 0) is 13.0 Å². The summed E-state index contributed by atoms with van der Waals surface area (Å²) in [5.74, 6) is 0.797. The molecule has 3 rings (SSSR count). The number of aryl methyl sites for hydroxylation is 3. The highest BCUT2D eigenvalue weighted by Crippen LogP contribution is 2.08. The third-order valence-corrected chi connectivity index (χ3v) is 4.43. The molecular formula is C22H27N5. The van der Waals surface area contributed by atoms with Crippen LogP contribution in [0.5, 0.6) is 0 Å². The van der Waals surface area contributed by atoms with Gasteiger partial charge < -0.3 is 10.6 Å². The maximum atomic E-state index is 4.75. The minimum Gasteiger partial charge on any atom is -0.356 e. The summed E-state index contributed by atoms with van der Waals surface area (Å²) < 4.78 is 0. The third kappa shape index (κ3) is 5.99. The molecule has 0 aliphatic rings. The smallest absolute Gasteiger partial charge is 0.196 e. The van der Waals surface area contributed by atoms with Crippen LogP contribution in [0.3, 0.4) is 0 Å². The van der Waals surface area contributed by atoms with Gasteiger partial charge in [-0.15, -0.1) is 0 Å². The van der Waals surface area contributed by atoms with Crippen molar-refractivity contribution in [2.75, 3.05) is 11.9 Å². The number of hydrogen-bond donors (Lipinski definition) is 3. The number of para-hydroxylation sites is 1. The highest BCUT2D eigenvalue weighted by molar-refractivity contribution is 5.93. The number of nitrogens with one attached hydrogen (secondary N) is 3. The molecule has 1 heterocycles. The molecule has 5 heteroatoms. The second-order valence-corrected chi connectivity index (χ2v) is 6.69. The van der Waals surface area contributed by atoms with Gasteiger partial charge in [-0.2, -0.15) is 5.10 Å². The van der Waals surface area contributed by atoms with Crippen LogP contribution in [0.4, 0.5) is 5.69 Å². The Morgan fingerprint density at radius 3 is 2.52 bits per heavy atom. The van der Waals surface area contributed by atoms with Crippen molar-refractivity contribution in [1.82, 2.24) is 15.5 Å². The molecule has 0 atom stereocenters. The zero-order valence-corrected chi connectivity index (χ0v) is 16.0. The normalized spacial score (nSPS) is 11.4. The van der Waals surface area contributed by atoms with Gasteiger partial charge in [-0.25, -0.2) is 4.99 Å². The van der Waals surface area contributed by atoms with Gasteiger partial charge in [-0.1, -0.05) is 48.0 Å². The third-order valence-electron chi connectivity index (χ3n) is 4.43. The average molecular weight is 361 g/mol. The van der Waals surface area contributed by atoms with Gasteiger partial charge in [0.05, 0.1) is 12.7 Å². The lowest BCUT2D eigenvalue weighted by molar-refractivity contribution is 0.766. The summed E-state index contributed by atoms with van der Waals surface area (Å²) in [6, 6.07) is 18.6. The fourth-order valence-corrected chi connectivity index (χ4v) is 2.77. The first-order valence-corrected chi connectivity index (χ1v) is 9.35. The Labute approximate surface area is 160 Å². The molecule has 27 heavy (non-hydrogen) atoms. The Balaban J connectivity index is 1.59. The summed E-state index contributed by atoms with van der Waals surface area (Å²) in [6.45, 7) is 5.64. The predicted molar refractivity (Wildman–Crippen MR) is 112 cm³/mol. The molecule has 3 N–H and O–H groups in total. The molecule has 0 spiro atoms. The van der Waals surface area contributed by atoms with Crippen LogP contribution in [-0.4, -0.2) is 22.7 Å². The van der Waals surface area contributed by atoms with Crippen molar-refractivity contribution >= 4 is 11.6 Å². The van der Waals surface area contributed by atoms with Gasteiger partial charge in [0.25, 0.3) is 0 Å². The van der Waals surface area contributed by atoms with Crippen molar-refractivity contribution in [2.24, 2.45) is 4.99 Å². The van der Waals surface area contributed by atoms with E-state index in [-0.39, 0.29) is 0 Å². The van der Waals surface area contributed by atoms with E-state index in [1.165, 1.54) is 16.7 Å². The fourth-order valence-electron chi connectivity index (χ4n) is 2.77. The molecule has 0 bridgehead atoms. The molecule has 2 aromatic carbocycles. The van der Waals surface area contributed by atoms with Gasteiger partial charge in [-0.05, 0) is 49.9 Å². The topological polar surface area (TPSA) is 65.1 Å². The number of hydrogen-bond acceptors (Lipinski definition) is 2. The number of nitrogens with zero attached hydrogens (tertiary/aromatic N) is 2. The summed E-state index contributed by atoms with van der Waals surface area (Å²) in [4.78, 5) is 4.75. The minimum absolute atomic E-state index is 0.642. The first-order chi connectivity index (χ1) is 13.2. The van der Waals surface area contributed by atoms with E-state index in [9.17, 15) is 0 Å². The number of guanidine groups is 1. The minimum atomic E-state index is 0.642. The molecule has 0 radical (unpaired) electrons. The van der Waals surface area contributed by atoms with Crippen molar-refractivity contribution in [3.05, 3.63) is 83.2 Å². The Hall–Kier alpha value is -3.08. The van der Waals surface area contributed by atoms with E-state index >= 15 is 0 Å². The standard InChI is InChI=1S/C22H27N5/c1-17-10-12-19(13-11-17)15-24-22(26-21-8-4-3-5-9-21)23-14-6-7-20-16-25-27-18(20)2/h3-5,8-13,16H,6-7,14-15H2,1-2H3,(H,25,27)(H2,23,24,26). The molecule has 3 aromatic rings. The zero-order chi connectivity index (χ0) is 18.9. The summed E-state index contributed by atoms with van der Waals surface area (Å²) in [7, 11) is 0. The lowest BCUT2D eigenvalue weighted by Crippen LogP contribution is -2.32. The van der Waals surface area contributed by atoms with Crippen LogP contribution < -0.4 is 10.6 Å². The van der Waals surface area contributed by atoms with Crippen molar-refractivity contribution < 1.29 is 0 Å². The zero-order valence-electron chi connectivity index (χ0n) is 16.0. The average Bonchev–Trinajstić information content (AvgIpc) is 3.10. The Bertz CT molecular complexity index is 850. The quantitative estimate of drug-likeness (QED) is 0.335. The lowest BCUT2D eigenvalue weighted by atomic mass is 10.1. The molecule has 0 saturated carbocycles. The van der Waals surface area contributed by atoms with Gasteiger partial charge in [0.2, 0.25) is 0 Å². The van der Waals surface area contributed by atoms with Gasteiger partial charge in [-0.3, -0.25) is 5.10 Å². The molecule has 1 aromatic heterocycles. The Morgan fingerprint density at radius 1 is 1.04 bits per heavy atom. The number of rotatable bonds is 7. The highest BCUT2D eigenvalue weighted by Gasteiger charge is 2.03. The van der Waals surface area contributed by atoms with E-state index in [1.807, 2.05) is 36.5 Å². The Kier molecular flexibility index (Phi) is 6.63. The van der Waals surface area contributed by atoms with E-state index in [0.717, 1.165) is 36.7 Å². The molecule has 5 nitrogen and oxygen atoms in total. The molecule has 0 fully saturated rings. The van der Waals surface area contributed by atoms with Crippen molar-refractivity contribution in [3.63, 3.8) is 0 Å². The fraction of sp³-hybridized carbons (Fsp3) is 0.273. The van der Waals surface area contributed by atoms with Crippen LogP contribution >= 0.6 is 0 Å². The van der Waals surface area contributed by atoms with Gasteiger partial charge in [0.15, 0.2) is 5.96 Å². The van der Waals surface area contributed by atoms with E-state index in [1.54, 1.807) is 0 Å². The molecule has 0 aliphatic heterocycles. The van der Waals surface area contributed by atoms with Crippen LogP contribution in [0.1, 0.15) is 28.8 Å². The van der Waals surface area contributed by atoms with Gasteiger partial charge >= 0.3 is 0 Å². The maximum Gasteiger partial charge on any atom is 0.196 e. The number of benzene rings is 2. The van der Waals surface area contributed by atoms with E-state index in [4.69, 9.17) is 4.99 Å². The monoisotopic (exact) mass is 361 g/mol. The summed E-state index contributed by atoms with van der Waals surface area (Å²) in [5.41, 5.74) is 5.90. The molecule has 140 valence electrons. The molecule has 0 unspecified atom stereocenters. The van der Waals surface area contributed by atoms with Crippen LogP contribution in [0.15, 0.2) is 65.8 Å². The summed E-state index contributed by atoms with van der Waals surface area (Å²) >= 11 is 0. The number of aliphatic imine (C=N–C) groups is 1. The molecule has 0 amide bonds. The van der Waals surface area contributed by atoms with E-state index in [2.05, 4.69) is 58.9 Å².